The summed E-state index contributed by atoms with van der Waals surface area (Å²) in [6, 6.07) is 36.5. The standard InChI is InChI=1S/C42H44N4O4S2/c1-28-37(51-27-44-28)31-22-20-30(21-23-31)25-43-39(49)36-24-35(48)26-46(36)40(50)38(45-29(2)47)41(3,4)52-42(32-14-8-5-9-15-32,33-16-10-6-11-17-33)34-18-12-7-13-19-34/h5-23,27,35-36,38,48H,24-26H2,1-4H3,(H,43,49)(H,45,47)/t35-,36+,38?/m1/s1. The van der Waals surface area contributed by atoms with E-state index >= 15 is 0 Å². The molecule has 6 rings (SSSR count). The molecule has 0 saturated carbocycles. The minimum atomic E-state index is -1.03. The van der Waals surface area contributed by atoms with Crippen LogP contribution in [0.1, 0.15) is 55.1 Å². The summed E-state index contributed by atoms with van der Waals surface area (Å²) in [6.45, 7) is 7.53. The molecule has 3 atom stereocenters. The summed E-state index contributed by atoms with van der Waals surface area (Å²) in [5.41, 5.74) is 7.82. The van der Waals surface area contributed by atoms with Crippen molar-refractivity contribution >= 4 is 40.8 Å². The van der Waals surface area contributed by atoms with Gasteiger partial charge in [0.2, 0.25) is 17.7 Å². The molecule has 2 heterocycles. The number of thioether (sulfide) groups is 1. The maximum atomic E-state index is 14.7. The molecule has 1 aliphatic rings. The molecule has 1 fully saturated rings. The van der Waals surface area contributed by atoms with Gasteiger partial charge >= 0.3 is 0 Å². The topological polar surface area (TPSA) is 112 Å². The second-order valence-electron chi connectivity index (χ2n) is 13.7. The molecule has 0 radical (unpaired) electrons. The molecule has 1 saturated heterocycles. The van der Waals surface area contributed by atoms with Gasteiger partial charge in [-0.1, -0.05) is 115 Å². The number of β-amino-alcohol motifs (C(OH)–C–C–N with tert-alkyl or cyclic N) is 1. The smallest absolute Gasteiger partial charge is 0.247 e. The first kappa shape index (κ1) is 37.0. The Kier molecular flexibility index (Phi) is 11.3. The number of aliphatic hydroxyl groups is 1. The number of carbonyl (C=O) groups excluding carboxylic acids is 3. The number of hydrogen-bond acceptors (Lipinski definition) is 7. The molecule has 10 heteroatoms. The zero-order chi connectivity index (χ0) is 36.9. The van der Waals surface area contributed by atoms with Gasteiger partial charge in [-0.2, -0.15) is 0 Å². The SMILES string of the molecule is CC(=O)NC(C(=O)N1C[C@H](O)C[C@H]1C(=O)NCc1ccc(-c2scnc2C)cc1)C(C)(C)SC(c1ccccc1)(c1ccccc1)c1ccccc1. The number of aliphatic hydroxyl groups excluding tert-OH is 1. The molecule has 8 nitrogen and oxygen atoms in total. The minimum absolute atomic E-state index is 0.0160. The summed E-state index contributed by atoms with van der Waals surface area (Å²) in [7, 11) is 0. The second-order valence-corrected chi connectivity index (χ2v) is 16.4. The quantitative estimate of drug-likeness (QED) is 0.123. The number of carbonyl (C=O) groups is 3. The zero-order valence-electron chi connectivity index (χ0n) is 29.8. The maximum absolute atomic E-state index is 14.7. The lowest BCUT2D eigenvalue weighted by Gasteiger charge is -2.45. The fourth-order valence-corrected chi connectivity index (χ4v) is 9.66. The van der Waals surface area contributed by atoms with Crippen molar-refractivity contribution in [3.8, 4) is 10.4 Å². The summed E-state index contributed by atoms with van der Waals surface area (Å²) >= 11 is 3.16. The van der Waals surface area contributed by atoms with Crippen LogP contribution in [0.4, 0.5) is 0 Å². The molecule has 3 N–H and O–H groups in total. The highest BCUT2D eigenvalue weighted by Gasteiger charge is 2.50. The van der Waals surface area contributed by atoms with Gasteiger partial charge in [0.1, 0.15) is 12.1 Å². The Morgan fingerprint density at radius 1 is 0.885 bits per heavy atom. The first-order chi connectivity index (χ1) is 25.0. The average molecular weight is 733 g/mol. The maximum Gasteiger partial charge on any atom is 0.247 e. The van der Waals surface area contributed by atoms with Crippen LogP contribution in [0, 0.1) is 6.92 Å². The Hall–Kier alpha value is -4.77. The van der Waals surface area contributed by atoms with Crippen LogP contribution in [-0.4, -0.2) is 62.2 Å². The lowest BCUT2D eigenvalue weighted by atomic mass is 9.84. The zero-order valence-corrected chi connectivity index (χ0v) is 31.4. The molecule has 0 spiro atoms. The molecule has 1 aliphatic heterocycles. The van der Waals surface area contributed by atoms with Gasteiger partial charge in [-0.05, 0) is 48.6 Å². The number of nitrogens with one attached hydrogen (secondary N) is 2. The van der Waals surface area contributed by atoms with Gasteiger partial charge in [-0.15, -0.1) is 23.1 Å². The highest BCUT2D eigenvalue weighted by Crippen LogP contribution is 2.54. The number of thiazole rings is 1. The number of hydrogen-bond donors (Lipinski definition) is 3. The van der Waals surface area contributed by atoms with E-state index in [2.05, 4.69) is 52.0 Å². The Bertz CT molecular complexity index is 1890. The van der Waals surface area contributed by atoms with Crippen LogP contribution in [0.5, 0.6) is 0 Å². The highest BCUT2D eigenvalue weighted by molar-refractivity contribution is 8.02. The summed E-state index contributed by atoms with van der Waals surface area (Å²) in [4.78, 5) is 48.2. The van der Waals surface area contributed by atoms with E-state index in [-0.39, 0.29) is 31.3 Å². The van der Waals surface area contributed by atoms with Crippen LogP contribution >= 0.6 is 23.1 Å². The van der Waals surface area contributed by atoms with E-state index in [0.717, 1.165) is 38.4 Å². The van der Waals surface area contributed by atoms with E-state index in [1.54, 1.807) is 23.1 Å². The molecule has 3 amide bonds. The monoisotopic (exact) mass is 732 g/mol. The number of aromatic nitrogens is 1. The van der Waals surface area contributed by atoms with Gasteiger partial charge in [0, 0.05) is 31.2 Å². The molecule has 52 heavy (non-hydrogen) atoms. The largest absolute Gasteiger partial charge is 0.391 e. The Morgan fingerprint density at radius 3 is 1.90 bits per heavy atom. The number of aryl methyl sites for hydroxylation is 1. The van der Waals surface area contributed by atoms with Crippen LogP contribution in [-0.2, 0) is 25.7 Å². The van der Waals surface area contributed by atoms with Crippen molar-refractivity contribution in [2.45, 2.75) is 68.3 Å². The fourth-order valence-electron chi connectivity index (χ4n) is 7.02. The van der Waals surface area contributed by atoms with Gasteiger partial charge in [0.05, 0.1) is 26.9 Å². The third kappa shape index (κ3) is 7.84. The lowest BCUT2D eigenvalue weighted by molar-refractivity contribution is -0.142. The minimum Gasteiger partial charge on any atom is -0.391 e. The van der Waals surface area contributed by atoms with Crippen molar-refractivity contribution in [2.75, 3.05) is 6.54 Å². The van der Waals surface area contributed by atoms with Crippen LogP contribution in [0.15, 0.2) is 121 Å². The van der Waals surface area contributed by atoms with Gasteiger partial charge in [0.25, 0.3) is 0 Å². The lowest BCUT2D eigenvalue weighted by Crippen LogP contribution is -2.60. The average Bonchev–Trinajstić information content (AvgIpc) is 3.78. The molecule has 4 aromatic carbocycles. The third-order valence-corrected chi connectivity index (χ3v) is 12.3. The Labute approximate surface area is 313 Å². The van der Waals surface area contributed by atoms with E-state index < -0.39 is 33.6 Å². The summed E-state index contributed by atoms with van der Waals surface area (Å²) in [6.07, 6.45) is -0.781. The number of benzene rings is 4. The highest BCUT2D eigenvalue weighted by atomic mass is 32.2. The van der Waals surface area contributed by atoms with Crippen molar-refractivity contribution < 1.29 is 19.5 Å². The first-order valence-corrected chi connectivity index (χ1v) is 19.1. The normalized spacial score (nSPS) is 16.7. The first-order valence-electron chi connectivity index (χ1n) is 17.4. The molecule has 1 unspecified atom stereocenters. The van der Waals surface area contributed by atoms with Gasteiger partial charge in [-0.3, -0.25) is 14.4 Å². The second kappa shape index (κ2) is 15.9. The van der Waals surface area contributed by atoms with E-state index in [4.69, 9.17) is 0 Å². The molecular formula is C42H44N4O4S2. The van der Waals surface area contributed by atoms with Crippen molar-refractivity contribution in [2.24, 2.45) is 0 Å². The van der Waals surface area contributed by atoms with E-state index in [1.165, 1.54) is 11.8 Å². The van der Waals surface area contributed by atoms with Crippen LogP contribution in [0.25, 0.3) is 10.4 Å². The number of amides is 3. The van der Waals surface area contributed by atoms with E-state index in [9.17, 15) is 19.5 Å². The summed E-state index contributed by atoms with van der Waals surface area (Å²) < 4.78 is -1.71. The van der Waals surface area contributed by atoms with Gasteiger partial charge in [0.15, 0.2) is 0 Å². The van der Waals surface area contributed by atoms with Crippen LogP contribution < -0.4 is 10.6 Å². The molecule has 0 aliphatic carbocycles. The van der Waals surface area contributed by atoms with Crippen LogP contribution in [0.2, 0.25) is 0 Å². The van der Waals surface area contributed by atoms with E-state index in [0.29, 0.717) is 0 Å². The van der Waals surface area contributed by atoms with Crippen molar-refractivity contribution in [1.29, 1.82) is 0 Å². The van der Waals surface area contributed by atoms with Crippen molar-refractivity contribution in [1.82, 2.24) is 20.5 Å². The summed E-state index contributed by atoms with van der Waals surface area (Å²) in [5, 5.41) is 16.8. The van der Waals surface area contributed by atoms with E-state index in [1.807, 2.05) is 105 Å². The number of nitrogens with zero attached hydrogens (tertiary/aromatic N) is 2. The molecule has 0 bridgehead atoms. The molecule has 5 aromatic rings. The van der Waals surface area contributed by atoms with Crippen molar-refractivity contribution in [3.05, 3.63) is 149 Å². The number of rotatable bonds is 12. The molecule has 1 aromatic heterocycles. The third-order valence-electron chi connectivity index (χ3n) is 9.54. The van der Waals surface area contributed by atoms with Gasteiger partial charge < -0.3 is 20.6 Å². The summed E-state index contributed by atoms with van der Waals surface area (Å²) in [5.74, 6) is -1.14. The number of likely N-dealkylation sites (tertiary alicyclic amines) is 1. The van der Waals surface area contributed by atoms with Crippen molar-refractivity contribution in [3.63, 3.8) is 0 Å². The van der Waals surface area contributed by atoms with Gasteiger partial charge in [-0.25, -0.2) is 4.98 Å². The Morgan fingerprint density at radius 2 is 1.42 bits per heavy atom. The predicted octanol–water partition coefficient (Wildman–Crippen LogP) is 6.71. The Balaban J connectivity index is 1.29. The fraction of sp³-hybridized carbons (Fsp3) is 0.286. The predicted molar refractivity (Wildman–Crippen MR) is 209 cm³/mol. The van der Waals surface area contributed by atoms with Crippen LogP contribution in [0.3, 0.4) is 0 Å². The molecule has 268 valence electrons. The molecular weight excluding hydrogens is 689 g/mol.